The Morgan fingerprint density at radius 1 is 1.04 bits per heavy atom. The van der Waals surface area contributed by atoms with Crippen LogP contribution in [-0.2, 0) is 10.0 Å². The predicted molar refractivity (Wildman–Crippen MR) is 101 cm³/mol. The fraction of sp³-hybridized carbons (Fsp3) is 0. The minimum atomic E-state index is -3.70. The number of nitrogens with one attached hydrogen (secondary N) is 1. The molecule has 0 amide bonds. The molecule has 0 aliphatic heterocycles. The number of primary sulfonamides is 1. The molecule has 0 saturated carbocycles. The zero-order valence-electron chi connectivity index (χ0n) is 12.9. The van der Waals surface area contributed by atoms with Gasteiger partial charge in [-0.3, -0.25) is 5.43 Å². The van der Waals surface area contributed by atoms with Crippen molar-refractivity contribution < 1.29 is 12.8 Å². The van der Waals surface area contributed by atoms with Crippen LogP contribution in [0.1, 0.15) is 5.76 Å². The summed E-state index contributed by atoms with van der Waals surface area (Å²) in [5.74, 6) is 1.31. The van der Waals surface area contributed by atoms with Gasteiger partial charge in [-0.2, -0.15) is 5.10 Å². The fourth-order valence-corrected chi connectivity index (χ4v) is 3.11. The molecule has 0 bridgehead atoms. The van der Waals surface area contributed by atoms with Crippen LogP contribution in [0.4, 0.5) is 5.69 Å². The molecule has 8 heteroatoms. The molecule has 0 aliphatic carbocycles. The highest BCUT2D eigenvalue weighted by Crippen LogP contribution is 2.29. The molecular formula is C17H14BrN3O3S. The van der Waals surface area contributed by atoms with Gasteiger partial charge in [-0.25, -0.2) is 13.6 Å². The van der Waals surface area contributed by atoms with Crippen LogP contribution in [0, 0.1) is 0 Å². The van der Waals surface area contributed by atoms with Crippen LogP contribution in [0.2, 0.25) is 0 Å². The van der Waals surface area contributed by atoms with E-state index in [0.717, 1.165) is 15.8 Å². The molecular weight excluding hydrogens is 406 g/mol. The maximum atomic E-state index is 11.2. The van der Waals surface area contributed by atoms with Gasteiger partial charge in [0.05, 0.1) is 16.8 Å². The van der Waals surface area contributed by atoms with E-state index in [1.807, 2.05) is 36.4 Å². The first-order valence-electron chi connectivity index (χ1n) is 7.20. The molecule has 3 rings (SSSR count). The van der Waals surface area contributed by atoms with Crippen molar-refractivity contribution in [1.29, 1.82) is 0 Å². The Labute approximate surface area is 153 Å². The summed E-state index contributed by atoms with van der Waals surface area (Å²) in [4.78, 5) is 0.0474. The largest absolute Gasteiger partial charge is 0.455 e. The van der Waals surface area contributed by atoms with Gasteiger partial charge in [0, 0.05) is 10.0 Å². The van der Waals surface area contributed by atoms with E-state index in [-0.39, 0.29) is 4.90 Å². The van der Waals surface area contributed by atoms with Crippen molar-refractivity contribution in [2.24, 2.45) is 10.2 Å². The van der Waals surface area contributed by atoms with E-state index < -0.39 is 10.0 Å². The Balaban J connectivity index is 1.68. The second kappa shape index (κ2) is 7.22. The topological polar surface area (TPSA) is 97.7 Å². The summed E-state index contributed by atoms with van der Waals surface area (Å²) in [5, 5.41) is 9.12. The lowest BCUT2D eigenvalue weighted by molar-refractivity contribution is 0.574. The normalized spacial score (nSPS) is 11.8. The van der Waals surface area contributed by atoms with Crippen molar-refractivity contribution in [1.82, 2.24) is 0 Å². The summed E-state index contributed by atoms with van der Waals surface area (Å²) in [7, 11) is -3.70. The van der Waals surface area contributed by atoms with Gasteiger partial charge in [0.25, 0.3) is 0 Å². The maximum absolute atomic E-state index is 11.2. The Kier molecular flexibility index (Phi) is 5.03. The number of anilines is 1. The Morgan fingerprint density at radius 3 is 2.44 bits per heavy atom. The summed E-state index contributed by atoms with van der Waals surface area (Å²) < 4.78 is 29.1. The van der Waals surface area contributed by atoms with Crippen molar-refractivity contribution in [3.8, 4) is 11.3 Å². The zero-order chi connectivity index (χ0) is 17.9. The smallest absolute Gasteiger partial charge is 0.238 e. The summed E-state index contributed by atoms with van der Waals surface area (Å²) in [5.41, 5.74) is 4.38. The molecule has 0 radical (unpaired) electrons. The van der Waals surface area contributed by atoms with Crippen molar-refractivity contribution in [2.45, 2.75) is 4.90 Å². The van der Waals surface area contributed by atoms with Crippen molar-refractivity contribution in [3.63, 3.8) is 0 Å². The number of hydrogen-bond donors (Lipinski definition) is 2. The number of sulfonamides is 1. The zero-order valence-corrected chi connectivity index (χ0v) is 15.3. The lowest BCUT2D eigenvalue weighted by atomic mass is 10.2. The maximum Gasteiger partial charge on any atom is 0.238 e. The van der Waals surface area contributed by atoms with Gasteiger partial charge in [0.1, 0.15) is 11.5 Å². The van der Waals surface area contributed by atoms with Crippen molar-refractivity contribution >= 4 is 37.9 Å². The predicted octanol–water partition coefficient (Wildman–Crippen LogP) is 3.80. The quantitative estimate of drug-likeness (QED) is 0.485. The van der Waals surface area contributed by atoms with Gasteiger partial charge in [-0.15, -0.1) is 0 Å². The van der Waals surface area contributed by atoms with Gasteiger partial charge in [-0.1, -0.05) is 34.1 Å². The molecule has 128 valence electrons. The van der Waals surface area contributed by atoms with Crippen LogP contribution < -0.4 is 10.6 Å². The Morgan fingerprint density at radius 2 is 1.76 bits per heavy atom. The summed E-state index contributed by atoms with van der Waals surface area (Å²) in [6.07, 6.45) is 1.54. The summed E-state index contributed by atoms with van der Waals surface area (Å²) in [6, 6.07) is 17.4. The standard InChI is InChI=1S/C17H14BrN3O3S/c18-16-4-2-1-3-15(16)17-10-7-13(24-17)11-20-21-12-5-8-14(9-6-12)25(19,22)23/h1-11,21H,(H2,19,22,23). The highest BCUT2D eigenvalue weighted by atomic mass is 79.9. The summed E-state index contributed by atoms with van der Waals surface area (Å²) >= 11 is 3.49. The molecule has 1 aromatic heterocycles. The molecule has 25 heavy (non-hydrogen) atoms. The fourth-order valence-electron chi connectivity index (χ4n) is 2.12. The molecule has 0 aliphatic rings. The van der Waals surface area contributed by atoms with Crippen molar-refractivity contribution in [3.05, 3.63) is 70.9 Å². The second-order valence-corrected chi connectivity index (χ2v) is 7.54. The second-order valence-electron chi connectivity index (χ2n) is 5.12. The minimum absolute atomic E-state index is 0.0474. The highest BCUT2D eigenvalue weighted by molar-refractivity contribution is 9.10. The molecule has 0 unspecified atom stereocenters. The van der Waals surface area contributed by atoms with Crippen LogP contribution in [0.3, 0.4) is 0 Å². The van der Waals surface area contributed by atoms with Crippen LogP contribution in [0.15, 0.2) is 79.6 Å². The third kappa shape index (κ3) is 4.36. The third-order valence-electron chi connectivity index (χ3n) is 3.33. The molecule has 3 N–H and O–H groups in total. The van der Waals surface area contributed by atoms with E-state index in [2.05, 4.69) is 26.5 Å². The molecule has 1 heterocycles. The molecule has 2 aromatic carbocycles. The van der Waals surface area contributed by atoms with Gasteiger partial charge < -0.3 is 4.42 Å². The number of furan rings is 1. The highest BCUT2D eigenvalue weighted by Gasteiger charge is 2.07. The average molecular weight is 420 g/mol. The number of benzene rings is 2. The molecule has 0 atom stereocenters. The van der Waals surface area contributed by atoms with Crippen LogP contribution >= 0.6 is 15.9 Å². The molecule has 0 saturated heterocycles. The van der Waals surface area contributed by atoms with Crippen LogP contribution in [0.25, 0.3) is 11.3 Å². The Hall–Kier alpha value is -2.42. The number of nitrogens with two attached hydrogens (primary N) is 1. The lowest BCUT2D eigenvalue weighted by Gasteiger charge is -2.01. The molecule has 3 aromatic rings. The van der Waals surface area contributed by atoms with Crippen LogP contribution in [-0.4, -0.2) is 14.6 Å². The van der Waals surface area contributed by atoms with E-state index in [4.69, 9.17) is 9.56 Å². The molecule has 0 spiro atoms. The van der Waals surface area contributed by atoms with E-state index in [9.17, 15) is 8.42 Å². The molecule has 6 nitrogen and oxygen atoms in total. The van der Waals surface area contributed by atoms with E-state index in [1.165, 1.54) is 18.3 Å². The SMILES string of the molecule is NS(=O)(=O)c1ccc(NN=Cc2ccc(-c3ccccc3Br)o2)cc1. The first-order chi connectivity index (χ1) is 11.9. The summed E-state index contributed by atoms with van der Waals surface area (Å²) in [6.45, 7) is 0. The number of hydrogen-bond acceptors (Lipinski definition) is 5. The van der Waals surface area contributed by atoms with Gasteiger partial charge in [0.2, 0.25) is 10.0 Å². The number of nitrogens with zero attached hydrogens (tertiary/aromatic N) is 1. The number of rotatable bonds is 5. The number of hydrazone groups is 1. The van der Waals surface area contributed by atoms with E-state index in [1.54, 1.807) is 12.1 Å². The first-order valence-corrected chi connectivity index (χ1v) is 9.54. The van der Waals surface area contributed by atoms with Crippen LogP contribution in [0.5, 0.6) is 0 Å². The van der Waals surface area contributed by atoms with E-state index >= 15 is 0 Å². The molecule has 0 fully saturated rings. The van der Waals surface area contributed by atoms with Gasteiger partial charge in [-0.05, 0) is 42.5 Å². The monoisotopic (exact) mass is 419 g/mol. The van der Waals surface area contributed by atoms with Gasteiger partial charge >= 0.3 is 0 Å². The Bertz CT molecular complexity index is 1010. The van der Waals surface area contributed by atoms with Gasteiger partial charge in [0.15, 0.2) is 0 Å². The first kappa shape index (κ1) is 17.4. The van der Waals surface area contributed by atoms with E-state index in [0.29, 0.717) is 11.4 Å². The minimum Gasteiger partial charge on any atom is -0.455 e. The third-order valence-corrected chi connectivity index (χ3v) is 4.96. The van der Waals surface area contributed by atoms with Crippen molar-refractivity contribution in [2.75, 3.05) is 5.43 Å². The lowest BCUT2D eigenvalue weighted by Crippen LogP contribution is -2.11. The average Bonchev–Trinajstić information content (AvgIpc) is 3.03. The number of halogens is 1.